The van der Waals surface area contributed by atoms with Crippen LogP contribution in [0.15, 0.2) is 0 Å². The molecule has 18 heavy (non-hydrogen) atoms. The van der Waals surface area contributed by atoms with Gasteiger partial charge in [-0.15, -0.1) is 0 Å². The van der Waals surface area contributed by atoms with E-state index >= 15 is 0 Å². The number of hydrogen-bond donors (Lipinski definition) is 2. The molecule has 1 aliphatic rings. The van der Waals surface area contributed by atoms with Gasteiger partial charge >= 0.3 is 0 Å². The van der Waals surface area contributed by atoms with Gasteiger partial charge in [0.25, 0.3) is 0 Å². The number of ether oxygens (including phenoxy) is 1. The van der Waals surface area contributed by atoms with Gasteiger partial charge in [-0.2, -0.15) is 0 Å². The summed E-state index contributed by atoms with van der Waals surface area (Å²) in [6.45, 7) is 7.29. The van der Waals surface area contributed by atoms with Crippen molar-refractivity contribution >= 4 is 11.8 Å². The van der Waals surface area contributed by atoms with E-state index in [0.29, 0.717) is 19.5 Å². The third-order valence-corrected chi connectivity index (χ3v) is 2.87. The van der Waals surface area contributed by atoms with Crippen LogP contribution in [0, 0.1) is 5.41 Å². The number of carbonyl (C=O) groups excluding carboxylic acids is 2. The molecular formula is C13H24N2O3. The van der Waals surface area contributed by atoms with E-state index in [9.17, 15) is 9.59 Å². The van der Waals surface area contributed by atoms with Crippen molar-refractivity contribution in [3.05, 3.63) is 0 Å². The lowest BCUT2D eigenvalue weighted by molar-refractivity contribution is -0.128. The van der Waals surface area contributed by atoms with Gasteiger partial charge in [0.05, 0.1) is 6.10 Å². The Morgan fingerprint density at radius 2 is 2.00 bits per heavy atom. The summed E-state index contributed by atoms with van der Waals surface area (Å²) >= 11 is 0. The third kappa shape index (κ3) is 5.49. The minimum Gasteiger partial charge on any atom is -0.376 e. The fourth-order valence-electron chi connectivity index (χ4n) is 1.68. The first-order valence-electron chi connectivity index (χ1n) is 6.56. The number of hydrogen-bond acceptors (Lipinski definition) is 3. The molecule has 1 aliphatic heterocycles. The topological polar surface area (TPSA) is 67.4 Å². The molecule has 0 bridgehead atoms. The Balaban J connectivity index is 2.08. The Labute approximate surface area is 109 Å². The summed E-state index contributed by atoms with van der Waals surface area (Å²) in [5.41, 5.74) is -0.409. The van der Waals surface area contributed by atoms with E-state index < -0.39 is 5.41 Å². The van der Waals surface area contributed by atoms with Crippen LogP contribution in [0.2, 0.25) is 0 Å². The number of rotatable bonds is 5. The van der Waals surface area contributed by atoms with Gasteiger partial charge in [0, 0.05) is 31.5 Å². The Kier molecular flexibility index (Phi) is 5.59. The van der Waals surface area contributed by atoms with E-state index in [1.807, 2.05) is 20.8 Å². The van der Waals surface area contributed by atoms with Crippen molar-refractivity contribution < 1.29 is 14.3 Å². The van der Waals surface area contributed by atoms with E-state index in [1.54, 1.807) is 0 Å². The maximum absolute atomic E-state index is 11.6. The molecule has 1 saturated heterocycles. The fraction of sp³-hybridized carbons (Fsp3) is 0.846. The quantitative estimate of drug-likeness (QED) is 0.765. The summed E-state index contributed by atoms with van der Waals surface area (Å²) in [6.07, 6.45) is 2.57. The van der Waals surface area contributed by atoms with Gasteiger partial charge in [-0.25, -0.2) is 0 Å². The molecule has 0 saturated carbocycles. The molecule has 0 aromatic heterocycles. The third-order valence-electron chi connectivity index (χ3n) is 2.87. The van der Waals surface area contributed by atoms with Crippen LogP contribution < -0.4 is 10.6 Å². The van der Waals surface area contributed by atoms with Crippen LogP contribution in [0.25, 0.3) is 0 Å². The van der Waals surface area contributed by atoms with Crippen LogP contribution in [-0.2, 0) is 14.3 Å². The highest BCUT2D eigenvalue weighted by atomic mass is 16.5. The Bertz CT molecular complexity index is 291. The van der Waals surface area contributed by atoms with Gasteiger partial charge in [0.15, 0.2) is 0 Å². The average molecular weight is 256 g/mol. The Hall–Kier alpha value is -1.10. The fourth-order valence-corrected chi connectivity index (χ4v) is 1.68. The van der Waals surface area contributed by atoms with Crippen molar-refractivity contribution in [2.75, 3.05) is 19.7 Å². The van der Waals surface area contributed by atoms with Gasteiger partial charge in [0.2, 0.25) is 11.8 Å². The second-order valence-corrected chi connectivity index (χ2v) is 5.70. The molecule has 1 rings (SSSR count). The molecule has 104 valence electrons. The highest BCUT2D eigenvalue weighted by Gasteiger charge is 2.21. The zero-order valence-corrected chi connectivity index (χ0v) is 11.5. The standard InChI is InChI=1S/C13H24N2O3/c1-13(2,3)12(17)14-7-6-11(16)15-9-10-5-4-8-18-10/h10H,4-9H2,1-3H3,(H,14,17)(H,15,16). The predicted molar refractivity (Wildman–Crippen MR) is 69.1 cm³/mol. The van der Waals surface area contributed by atoms with E-state index in [2.05, 4.69) is 10.6 Å². The Morgan fingerprint density at radius 3 is 2.56 bits per heavy atom. The molecule has 1 heterocycles. The Morgan fingerprint density at radius 1 is 1.28 bits per heavy atom. The van der Waals surface area contributed by atoms with Crippen molar-refractivity contribution in [1.29, 1.82) is 0 Å². The van der Waals surface area contributed by atoms with Gasteiger partial charge in [0.1, 0.15) is 0 Å². The van der Waals surface area contributed by atoms with Crippen LogP contribution in [0.5, 0.6) is 0 Å². The van der Waals surface area contributed by atoms with Crippen molar-refractivity contribution in [3.8, 4) is 0 Å². The minimum atomic E-state index is -0.409. The van der Waals surface area contributed by atoms with E-state index in [4.69, 9.17) is 4.74 Å². The SMILES string of the molecule is CC(C)(C)C(=O)NCCC(=O)NCC1CCCO1. The summed E-state index contributed by atoms with van der Waals surface area (Å²) < 4.78 is 5.41. The molecule has 2 amide bonds. The highest BCUT2D eigenvalue weighted by molar-refractivity contribution is 5.82. The average Bonchev–Trinajstić information content (AvgIpc) is 2.77. The molecule has 0 aromatic carbocycles. The lowest BCUT2D eigenvalue weighted by Crippen LogP contribution is -2.38. The molecule has 1 atom stereocenters. The molecule has 0 aliphatic carbocycles. The molecular weight excluding hydrogens is 232 g/mol. The molecule has 1 fully saturated rings. The highest BCUT2D eigenvalue weighted by Crippen LogP contribution is 2.12. The van der Waals surface area contributed by atoms with Gasteiger partial charge in [-0.3, -0.25) is 9.59 Å². The molecule has 5 heteroatoms. The second-order valence-electron chi connectivity index (χ2n) is 5.70. The normalized spacial score (nSPS) is 19.6. The van der Waals surface area contributed by atoms with Crippen molar-refractivity contribution in [2.45, 2.75) is 46.1 Å². The van der Waals surface area contributed by atoms with Crippen LogP contribution in [0.3, 0.4) is 0 Å². The molecule has 0 spiro atoms. The van der Waals surface area contributed by atoms with Gasteiger partial charge in [-0.05, 0) is 12.8 Å². The van der Waals surface area contributed by atoms with Crippen LogP contribution in [0.4, 0.5) is 0 Å². The number of nitrogens with one attached hydrogen (secondary N) is 2. The molecule has 0 aromatic rings. The van der Waals surface area contributed by atoms with E-state index in [1.165, 1.54) is 0 Å². The summed E-state index contributed by atoms with van der Waals surface area (Å²) in [4.78, 5) is 23.1. The number of carbonyl (C=O) groups is 2. The van der Waals surface area contributed by atoms with Crippen molar-refractivity contribution in [3.63, 3.8) is 0 Å². The first-order chi connectivity index (χ1) is 8.39. The maximum Gasteiger partial charge on any atom is 0.225 e. The largest absolute Gasteiger partial charge is 0.376 e. The van der Waals surface area contributed by atoms with Gasteiger partial charge in [-0.1, -0.05) is 20.8 Å². The summed E-state index contributed by atoms with van der Waals surface area (Å²) in [5.74, 6) is -0.0749. The molecule has 5 nitrogen and oxygen atoms in total. The molecule has 1 unspecified atom stereocenters. The van der Waals surface area contributed by atoms with Gasteiger partial charge < -0.3 is 15.4 Å². The summed E-state index contributed by atoms with van der Waals surface area (Å²) in [6, 6.07) is 0. The second kappa shape index (κ2) is 6.73. The zero-order chi connectivity index (χ0) is 13.6. The van der Waals surface area contributed by atoms with E-state index in [-0.39, 0.29) is 17.9 Å². The zero-order valence-electron chi connectivity index (χ0n) is 11.5. The first kappa shape index (κ1) is 15.0. The predicted octanol–water partition coefficient (Wildman–Crippen LogP) is 0.834. The van der Waals surface area contributed by atoms with Crippen molar-refractivity contribution in [1.82, 2.24) is 10.6 Å². The summed E-state index contributed by atoms with van der Waals surface area (Å²) in [7, 11) is 0. The van der Waals surface area contributed by atoms with Crippen LogP contribution in [0.1, 0.15) is 40.0 Å². The van der Waals surface area contributed by atoms with E-state index in [0.717, 1.165) is 19.4 Å². The first-order valence-corrected chi connectivity index (χ1v) is 6.56. The number of amides is 2. The monoisotopic (exact) mass is 256 g/mol. The van der Waals surface area contributed by atoms with Crippen LogP contribution in [-0.4, -0.2) is 37.6 Å². The molecule has 0 radical (unpaired) electrons. The van der Waals surface area contributed by atoms with Crippen molar-refractivity contribution in [2.24, 2.45) is 5.41 Å². The maximum atomic E-state index is 11.6. The molecule has 2 N–H and O–H groups in total. The smallest absolute Gasteiger partial charge is 0.225 e. The summed E-state index contributed by atoms with van der Waals surface area (Å²) in [5, 5.41) is 5.57. The minimum absolute atomic E-state index is 0.0329. The lowest BCUT2D eigenvalue weighted by atomic mass is 9.96. The lowest BCUT2D eigenvalue weighted by Gasteiger charge is -2.17. The van der Waals surface area contributed by atoms with Crippen LogP contribution >= 0.6 is 0 Å².